The molecule has 1 aromatic rings. The van der Waals surface area contributed by atoms with Crippen molar-refractivity contribution in [3.63, 3.8) is 0 Å². The molecule has 0 heterocycles. The standard InChI is InChI=1S/C15H25FN2/c1-5-17-15(11-18(4)10-12(2)3)13-8-6-7-9-14(13)16/h6-9,12,15,17H,5,10-11H2,1-4H3. The number of halogens is 1. The second-order valence-corrected chi connectivity index (χ2v) is 5.25. The van der Waals surface area contributed by atoms with Crippen molar-refractivity contribution in [1.29, 1.82) is 0 Å². The highest BCUT2D eigenvalue weighted by molar-refractivity contribution is 5.21. The lowest BCUT2D eigenvalue weighted by Gasteiger charge is -2.26. The van der Waals surface area contributed by atoms with Crippen molar-refractivity contribution in [3.8, 4) is 0 Å². The van der Waals surface area contributed by atoms with Gasteiger partial charge in [-0.15, -0.1) is 0 Å². The van der Waals surface area contributed by atoms with Gasteiger partial charge in [-0.1, -0.05) is 39.0 Å². The van der Waals surface area contributed by atoms with E-state index >= 15 is 0 Å². The summed E-state index contributed by atoms with van der Waals surface area (Å²) in [6, 6.07) is 7.08. The van der Waals surface area contributed by atoms with E-state index in [2.05, 4.69) is 38.0 Å². The first-order valence-corrected chi connectivity index (χ1v) is 6.71. The van der Waals surface area contributed by atoms with Crippen molar-refractivity contribution in [3.05, 3.63) is 35.6 Å². The van der Waals surface area contributed by atoms with Gasteiger partial charge in [0.1, 0.15) is 5.82 Å². The van der Waals surface area contributed by atoms with Gasteiger partial charge in [-0.3, -0.25) is 0 Å². The van der Waals surface area contributed by atoms with Crippen LogP contribution >= 0.6 is 0 Å². The maximum absolute atomic E-state index is 13.8. The SMILES string of the molecule is CCNC(CN(C)CC(C)C)c1ccccc1F. The molecule has 1 rings (SSSR count). The largest absolute Gasteiger partial charge is 0.309 e. The molecule has 0 saturated carbocycles. The van der Waals surface area contributed by atoms with E-state index in [-0.39, 0.29) is 11.9 Å². The molecule has 0 saturated heterocycles. The van der Waals surface area contributed by atoms with E-state index in [4.69, 9.17) is 0 Å². The molecule has 1 unspecified atom stereocenters. The van der Waals surface area contributed by atoms with E-state index in [1.807, 2.05) is 12.1 Å². The maximum atomic E-state index is 13.8. The second-order valence-electron chi connectivity index (χ2n) is 5.25. The van der Waals surface area contributed by atoms with E-state index in [0.29, 0.717) is 5.92 Å². The van der Waals surface area contributed by atoms with Gasteiger partial charge in [0.25, 0.3) is 0 Å². The number of nitrogens with one attached hydrogen (secondary N) is 1. The number of likely N-dealkylation sites (N-methyl/N-ethyl adjacent to an activating group) is 2. The van der Waals surface area contributed by atoms with Crippen LogP contribution in [-0.2, 0) is 0 Å². The molecule has 0 aliphatic heterocycles. The van der Waals surface area contributed by atoms with Gasteiger partial charge in [0.15, 0.2) is 0 Å². The monoisotopic (exact) mass is 252 g/mol. The zero-order valence-corrected chi connectivity index (χ0v) is 11.9. The molecule has 1 atom stereocenters. The van der Waals surface area contributed by atoms with E-state index in [0.717, 1.165) is 25.2 Å². The molecule has 0 aliphatic rings. The van der Waals surface area contributed by atoms with Crippen molar-refractivity contribution in [1.82, 2.24) is 10.2 Å². The fourth-order valence-electron chi connectivity index (χ4n) is 2.29. The average Bonchev–Trinajstić information content (AvgIpc) is 2.28. The van der Waals surface area contributed by atoms with E-state index in [1.165, 1.54) is 6.07 Å². The molecular formula is C15H25FN2. The molecule has 0 aliphatic carbocycles. The first-order chi connectivity index (χ1) is 8.54. The molecule has 102 valence electrons. The van der Waals surface area contributed by atoms with Crippen LogP contribution in [0.2, 0.25) is 0 Å². The van der Waals surface area contributed by atoms with Crippen molar-refractivity contribution in [2.45, 2.75) is 26.8 Å². The fraction of sp³-hybridized carbons (Fsp3) is 0.600. The minimum absolute atomic E-state index is 0.0555. The summed E-state index contributed by atoms with van der Waals surface area (Å²) >= 11 is 0. The number of rotatable bonds is 7. The molecule has 0 radical (unpaired) electrons. The van der Waals surface area contributed by atoms with E-state index in [9.17, 15) is 4.39 Å². The molecule has 0 bridgehead atoms. The topological polar surface area (TPSA) is 15.3 Å². The highest BCUT2D eigenvalue weighted by Gasteiger charge is 2.16. The van der Waals surface area contributed by atoms with Gasteiger partial charge in [-0.05, 0) is 25.6 Å². The van der Waals surface area contributed by atoms with Gasteiger partial charge < -0.3 is 10.2 Å². The first-order valence-electron chi connectivity index (χ1n) is 6.71. The fourth-order valence-corrected chi connectivity index (χ4v) is 2.29. The number of nitrogens with zero attached hydrogens (tertiary/aromatic N) is 1. The summed E-state index contributed by atoms with van der Waals surface area (Å²) in [5, 5.41) is 3.36. The molecule has 3 heteroatoms. The summed E-state index contributed by atoms with van der Waals surface area (Å²) in [6.07, 6.45) is 0. The Morgan fingerprint density at radius 3 is 2.44 bits per heavy atom. The third kappa shape index (κ3) is 4.75. The van der Waals surface area contributed by atoms with Crippen LogP contribution in [0.5, 0.6) is 0 Å². The molecule has 18 heavy (non-hydrogen) atoms. The van der Waals surface area contributed by atoms with Gasteiger partial charge in [0, 0.05) is 24.7 Å². The van der Waals surface area contributed by atoms with Crippen LogP contribution in [0.4, 0.5) is 4.39 Å². The van der Waals surface area contributed by atoms with Crippen molar-refractivity contribution in [2.75, 3.05) is 26.7 Å². The Labute approximate surface area is 110 Å². The summed E-state index contributed by atoms with van der Waals surface area (Å²) in [5.41, 5.74) is 0.759. The summed E-state index contributed by atoms with van der Waals surface area (Å²) < 4.78 is 13.8. The van der Waals surface area contributed by atoms with E-state index < -0.39 is 0 Å². The molecule has 0 amide bonds. The zero-order chi connectivity index (χ0) is 13.5. The van der Waals surface area contributed by atoms with Crippen LogP contribution in [0.15, 0.2) is 24.3 Å². The van der Waals surface area contributed by atoms with Gasteiger partial charge >= 0.3 is 0 Å². The van der Waals surface area contributed by atoms with Crippen molar-refractivity contribution >= 4 is 0 Å². The quantitative estimate of drug-likeness (QED) is 0.802. The summed E-state index contributed by atoms with van der Waals surface area (Å²) in [5.74, 6) is 0.499. The lowest BCUT2D eigenvalue weighted by atomic mass is 10.1. The van der Waals surface area contributed by atoms with Gasteiger partial charge in [0.05, 0.1) is 0 Å². The predicted molar refractivity (Wildman–Crippen MR) is 75.2 cm³/mol. The smallest absolute Gasteiger partial charge is 0.128 e. The minimum Gasteiger partial charge on any atom is -0.309 e. The van der Waals surface area contributed by atoms with Gasteiger partial charge in [-0.2, -0.15) is 0 Å². The third-order valence-corrected chi connectivity index (χ3v) is 2.90. The second kappa shape index (κ2) is 7.49. The Balaban J connectivity index is 2.74. The van der Waals surface area contributed by atoms with E-state index in [1.54, 1.807) is 6.07 Å². The van der Waals surface area contributed by atoms with Crippen LogP contribution in [0, 0.1) is 11.7 Å². The van der Waals surface area contributed by atoms with Crippen molar-refractivity contribution in [2.24, 2.45) is 5.92 Å². The van der Waals surface area contributed by atoms with Gasteiger partial charge in [-0.25, -0.2) is 4.39 Å². The lowest BCUT2D eigenvalue weighted by molar-refractivity contribution is 0.261. The van der Waals surface area contributed by atoms with Crippen LogP contribution in [0.1, 0.15) is 32.4 Å². The molecule has 2 nitrogen and oxygen atoms in total. The minimum atomic E-state index is -0.124. The number of hydrogen-bond acceptors (Lipinski definition) is 2. The van der Waals surface area contributed by atoms with Crippen LogP contribution in [0.25, 0.3) is 0 Å². The zero-order valence-electron chi connectivity index (χ0n) is 11.9. The molecule has 1 N–H and O–H groups in total. The van der Waals surface area contributed by atoms with Crippen LogP contribution in [-0.4, -0.2) is 31.6 Å². The average molecular weight is 252 g/mol. The highest BCUT2D eigenvalue weighted by Crippen LogP contribution is 2.18. The molecule has 1 aromatic carbocycles. The molecular weight excluding hydrogens is 227 g/mol. The molecule has 0 fully saturated rings. The molecule has 0 spiro atoms. The number of benzene rings is 1. The van der Waals surface area contributed by atoms with Gasteiger partial charge in [0.2, 0.25) is 0 Å². The molecule has 0 aromatic heterocycles. The summed E-state index contributed by atoms with van der Waals surface area (Å²) in [4.78, 5) is 2.25. The Kier molecular flexibility index (Phi) is 6.30. The Hall–Kier alpha value is -0.930. The summed E-state index contributed by atoms with van der Waals surface area (Å²) in [6.45, 7) is 9.14. The normalized spacial score (nSPS) is 13.3. The first kappa shape index (κ1) is 15.1. The predicted octanol–water partition coefficient (Wildman–Crippen LogP) is 3.06. The number of hydrogen-bond donors (Lipinski definition) is 1. The van der Waals surface area contributed by atoms with Crippen molar-refractivity contribution < 1.29 is 4.39 Å². The summed E-state index contributed by atoms with van der Waals surface area (Å²) in [7, 11) is 2.09. The lowest BCUT2D eigenvalue weighted by Crippen LogP contribution is -2.35. The maximum Gasteiger partial charge on any atom is 0.128 e. The Bertz CT molecular complexity index is 352. The Morgan fingerprint density at radius 2 is 1.89 bits per heavy atom. The van der Waals surface area contributed by atoms with Crippen LogP contribution < -0.4 is 5.32 Å². The van der Waals surface area contributed by atoms with Crippen LogP contribution in [0.3, 0.4) is 0 Å². The Morgan fingerprint density at radius 1 is 1.22 bits per heavy atom. The third-order valence-electron chi connectivity index (χ3n) is 2.90. The highest BCUT2D eigenvalue weighted by atomic mass is 19.1.